The number of hydrogen-bond donors (Lipinski definition) is 2. The quantitative estimate of drug-likeness (QED) is 0.838. The summed E-state index contributed by atoms with van der Waals surface area (Å²) in [5.41, 5.74) is 3.39. The zero-order chi connectivity index (χ0) is 13.2. The number of aromatic nitrogens is 2. The summed E-state index contributed by atoms with van der Waals surface area (Å²) in [6.07, 6.45) is -0.334. The molecule has 0 fully saturated rings. The van der Waals surface area contributed by atoms with Gasteiger partial charge >= 0.3 is 0 Å². The summed E-state index contributed by atoms with van der Waals surface area (Å²) in [4.78, 5) is 0. The fourth-order valence-electron chi connectivity index (χ4n) is 1.71. The Balaban J connectivity index is 2.52. The third kappa shape index (κ3) is 3.54. The first-order valence-corrected chi connectivity index (χ1v) is 6.11. The molecule has 1 unspecified atom stereocenters. The van der Waals surface area contributed by atoms with E-state index in [1.54, 1.807) is 0 Å². The van der Waals surface area contributed by atoms with E-state index in [-0.39, 0.29) is 11.5 Å². The Morgan fingerprint density at radius 3 is 2.35 bits per heavy atom. The van der Waals surface area contributed by atoms with Gasteiger partial charge in [-0.25, -0.2) is 0 Å². The van der Waals surface area contributed by atoms with Crippen molar-refractivity contribution < 1.29 is 5.11 Å². The van der Waals surface area contributed by atoms with Crippen molar-refractivity contribution in [3.8, 4) is 0 Å². The lowest BCUT2D eigenvalue weighted by atomic mass is 9.89. The third-order valence-electron chi connectivity index (χ3n) is 3.30. The predicted molar refractivity (Wildman–Crippen MR) is 69.9 cm³/mol. The number of aliphatic hydroxyl groups excluding tert-OH is 1. The maximum Gasteiger partial charge on any atom is 0.0712 e. The van der Waals surface area contributed by atoms with Crippen LogP contribution in [0.4, 0.5) is 0 Å². The summed E-state index contributed by atoms with van der Waals surface area (Å²) < 4.78 is 1.90. The molecule has 4 heteroatoms. The summed E-state index contributed by atoms with van der Waals surface area (Å²) in [5.74, 6) is 0. The fourth-order valence-corrected chi connectivity index (χ4v) is 1.71. The third-order valence-corrected chi connectivity index (χ3v) is 3.30. The number of hydrogen-bond acceptors (Lipinski definition) is 3. The molecular weight excluding hydrogens is 214 g/mol. The minimum absolute atomic E-state index is 0.0774. The van der Waals surface area contributed by atoms with Gasteiger partial charge in [0.25, 0.3) is 0 Å². The highest BCUT2D eigenvalue weighted by Crippen LogP contribution is 2.18. The van der Waals surface area contributed by atoms with E-state index in [0.29, 0.717) is 6.54 Å². The van der Waals surface area contributed by atoms with E-state index in [0.717, 1.165) is 12.2 Å². The molecule has 0 radical (unpaired) electrons. The summed E-state index contributed by atoms with van der Waals surface area (Å²) in [6.45, 7) is 11.6. The lowest BCUT2D eigenvalue weighted by Gasteiger charge is -2.26. The van der Waals surface area contributed by atoms with E-state index in [1.165, 1.54) is 11.3 Å². The SMILES string of the molecule is Cc1nn(C)c(C)c1CNCC(O)C(C)(C)C. The van der Waals surface area contributed by atoms with Crippen molar-refractivity contribution >= 4 is 0 Å². The highest BCUT2D eigenvalue weighted by atomic mass is 16.3. The van der Waals surface area contributed by atoms with Crippen LogP contribution < -0.4 is 5.32 Å². The van der Waals surface area contributed by atoms with Gasteiger partial charge < -0.3 is 10.4 Å². The van der Waals surface area contributed by atoms with E-state index in [1.807, 2.05) is 39.4 Å². The summed E-state index contributed by atoms with van der Waals surface area (Å²) in [5, 5.41) is 17.6. The second kappa shape index (κ2) is 5.19. The molecular formula is C13H25N3O. The first-order chi connectivity index (χ1) is 7.73. The molecule has 4 nitrogen and oxygen atoms in total. The first kappa shape index (κ1) is 14.2. The number of aliphatic hydroxyl groups is 1. The maximum absolute atomic E-state index is 9.92. The monoisotopic (exact) mass is 239 g/mol. The number of rotatable bonds is 4. The molecule has 1 aromatic heterocycles. The van der Waals surface area contributed by atoms with Gasteiger partial charge in [-0.1, -0.05) is 20.8 Å². The van der Waals surface area contributed by atoms with Crippen molar-refractivity contribution in [1.29, 1.82) is 0 Å². The van der Waals surface area contributed by atoms with E-state index >= 15 is 0 Å². The van der Waals surface area contributed by atoms with Crippen LogP contribution in [0.3, 0.4) is 0 Å². The zero-order valence-electron chi connectivity index (χ0n) is 11.8. The second-order valence-electron chi connectivity index (χ2n) is 5.79. The highest BCUT2D eigenvalue weighted by Gasteiger charge is 2.21. The molecule has 2 N–H and O–H groups in total. The molecule has 17 heavy (non-hydrogen) atoms. The van der Waals surface area contributed by atoms with Crippen LogP contribution in [0, 0.1) is 19.3 Å². The van der Waals surface area contributed by atoms with Gasteiger partial charge in [-0.15, -0.1) is 0 Å². The van der Waals surface area contributed by atoms with Crippen LogP contribution in [0.1, 0.15) is 37.7 Å². The summed E-state index contributed by atoms with van der Waals surface area (Å²) in [6, 6.07) is 0. The molecule has 1 aromatic rings. The lowest BCUT2D eigenvalue weighted by molar-refractivity contribution is 0.0627. The zero-order valence-corrected chi connectivity index (χ0v) is 11.8. The normalized spacial score (nSPS) is 14.1. The van der Waals surface area contributed by atoms with Gasteiger partial charge in [0.15, 0.2) is 0 Å². The Labute approximate surface area is 104 Å². The van der Waals surface area contributed by atoms with Crippen molar-refractivity contribution in [3.05, 3.63) is 17.0 Å². The number of nitrogens with one attached hydrogen (secondary N) is 1. The fraction of sp³-hybridized carbons (Fsp3) is 0.769. The molecule has 1 rings (SSSR count). The number of nitrogens with zero attached hydrogens (tertiary/aromatic N) is 2. The van der Waals surface area contributed by atoms with Crippen LogP contribution in [0.15, 0.2) is 0 Å². The molecule has 0 saturated carbocycles. The van der Waals surface area contributed by atoms with Gasteiger partial charge in [0.05, 0.1) is 11.8 Å². The van der Waals surface area contributed by atoms with E-state index in [9.17, 15) is 5.11 Å². The topological polar surface area (TPSA) is 50.1 Å². The van der Waals surface area contributed by atoms with Gasteiger partial charge in [-0.2, -0.15) is 5.10 Å². The Morgan fingerprint density at radius 2 is 1.94 bits per heavy atom. The van der Waals surface area contributed by atoms with Gasteiger partial charge in [0, 0.05) is 31.4 Å². The van der Waals surface area contributed by atoms with E-state index < -0.39 is 0 Å². The average molecular weight is 239 g/mol. The Morgan fingerprint density at radius 1 is 1.35 bits per heavy atom. The molecule has 0 saturated heterocycles. The van der Waals surface area contributed by atoms with Crippen LogP contribution in [-0.2, 0) is 13.6 Å². The highest BCUT2D eigenvalue weighted by molar-refractivity contribution is 5.23. The molecule has 0 aromatic carbocycles. The minimum atomic E-state index is -0.334. The van der Waals surface area contributed by atoms with Crippen molar-refractivity contribution in [3.63, 3.8) is 0 Å². The van der Waals surface area contributed by atoms with E-state index in [2.05, 4.69) is 17.3 Å². The van der Waals surface area contributed by atoms with Gasteiger partial charge in [0.1, 0.15) is 0 Å². The molecule has 0 bridgehead atoms. The Kier molecular flexibility index (Phi) is 4.33. The largest absolute Gasteiger partial charge is 0.391 e. The Bertz CT molecular complexity index is 377. The molecule has 0 spiro atoms. The average Bonchev–Trinajstić information content (AvgIpc) is 2.42. The molecule has 98 valence electrons. The minimum Gasteiger partial charge on any atom is -0.391 e. The van der Waals surface area contributed by atoms with Crippen molar-refractivity contribution in [1.82, 2.24) is 15.1 Å². The van der Waals surface area contributed by atoms with Gasteiger partial charge in [-0.3, -0.25) is 4.68 Å². The standard InChI is InChI=1S/C13H25N3O/c1-9-11(10(2)16(6)15-9)7-14-8-12(17)13(3,4)5/h12,14,17H,7-8H2,1-6H3. The van der Waals surface area contributed by atoms with E-state index in [4.69, 9.17) is 0 Å². The van der Waals surface area contributed by atoms with Crippen molar-refractivity contribution in [2.75, 3.05) is 6.54 Å². The van der Waals surface area contributed by atoms with Gasteiger partial charge in [0.2, 0.25) is 0 Å². The van der Waals surface area contributed by atoms with Crippen molar-refractivity contribution in [2.45, 2.75) is 47.3 Å². The first-order valence-electron chi connectivity index (χ1n) is 6.11. The predicted octanol–water partition coefficient (Wildman–Crippen LogP) is 1.53. The summed E-state index contributed by atoms with van der Waals surface area (Å²) in [7, 11) is 1.95. The molecule has 0 aliphatic carbocycles. The van der Waals surface area contributed by atoms with Crippen LogP contribution in [0.2, 0.25) is 0 Å². The molecule has 1 atom stereocenters. The summed E-state index contributed by atoms with van der Waals surface area (Å²) >= 11 is 0. The molecule has 0 aliphatic rings. The van der Waals surface area contributed by atoms with Crippen LogP contribution >= 0.6 is 0 Å². The smallest absolute Gasteiger partial charge is 0.0712 e. The molecule has 1 heterocycles. The Hall–Kier alpha value is -0.870. The lowest BCUT2D eigenvalue weighted by Crippen LogP contribution is -2.36. The van der Waals surface area contributed by atoms with Gasteiger partial charge in [-0.05, 0) is 19.3 Å². The van der Waals surface area contributed by atoms with Crippen molar-refractivity contribution in [2.24, 2.45) is 12.5 Å². The van der Waals surface area contributed by atoms with Crippen LogP contribution in [-0.4, -0.2) is 27.5 Å². The molecule has 0 aliphatic heterocycles. The second-order valence-corrected chi connectivity index (χ2v) is 5.79. The van der Waals surface area contributed by atoms with Crippen LogP contribution in [0.5, 0.6) is 0 Å². The molecule has 0 amide bonds. The van der Waals surface area contributed by atoms with Crippen LogP contribution in [0.25, 0.3) is 0 Å². The maximum atomic E-state index is 9.92. The number of aryl methyl sites for hydroxylation is 2.